The summed E-state index contributed by atoms with van der Waals surface area (Å²) in [5, 5.41) is 20.3. The number of carbonyl (C=O) groups excluding carboxylic acids is 1. The minimum absolute atomic E-state index is 0.0221. The highest BCUT2D eigenvalue weighted by atomic mass is 19.4. The van der Waals surface area contributed by atoms with E-state index in [0.717, 1.165) is 10.8 Å². The molecular formula is C14H14F3N3O6. The van der Waals surface area contributed by atoms with Crippen LogP contribution in [-0.4, -0.2) is 57.2 Å². The molecule has 2 heterocycles. The Hall–Kier alpha value is -2.62. The minimum Gasteiger partial charge on any atom is -0.394 e. The van der Waals surface area contributed by atoms with Crippen LogP contribution in [0.3, 0.4) is 0 Å². The molecule has 1 fully saturated rings. The molecule has 0 saturated carbocycles. The molecule has 1 aromatic heterocycles. The number of hydrogen-bond acceptors (Lipinski definition) is 6. The molecule has 0 bridgehead atoms. The van der Waals surface area contributed by atoms with Crippen LogP contribution < -0.4 is 16.6 Å². The third kappa shape index (κ3) is 4.51. The van der Waals surface area contributed by atoms with Gasteiger partial charge in [-0.1, -0.05) is 11.8 Å². The van der Waals surface area contributed by atoms with Gasteiger partial charge in [-0.25, -0.2) is 4.79 Å². The van der Waals surface area contributed by atoms with Crippen LogP contribution >= 0.6 is 0 Å². The Morgan fingerprint density at radius 2 is 2.15 bits per heavy atom. The number of hydrogen-bond donors (Lipinski definition) is 4. The molecule has 0 aliphatic carbocycles. The summed E-state index contributed by atoms with van der Waals surface area (Å²) in [5.41, 5.74) is -1.98. The monoisotopic (exact) mass is 377 g/mol. The lowest BCUT2D eigenvalue weighted by Crippen LogP contribution is -2.37. The van der Waals surface area contributed by atoms with E-state index in [1.54, 1.807) is 0 Å². The van der Waals surface area contributed by atoms with Crippen LogP contribution in [0.15, 0.2) is 15.8 Å². The fourth-order valence-corrected chi connectivity index (χ4v) is 2.20. The lowest BCUT2D eigenvalue weighted by molar-refractivity contribution is -0.173. The topological polar surface area (TPSA) is 134 Å². The smallest absolute Gasteiger partial charge is 0.394 e. The van der Waals surface area contributed by atoms with E-state index in [4.69, 9.17) is 9.84 Å². The van der Waals surface area contributed by atoms with Gasteiger partial charge in [-0.05, 0) is 0 Å². The third-order valence-corrected chi connectivity index (χ3v) is 3.48. The van der Waals surface area contributed by atoms with Crippen LogP contribution in [0.25, 0.3) is 0 Å². The lowest BCUT2D eigenvalue weighted by atomic mass is 10.2. The number of nitrogens with one attached hydrogen (secondary N) is 2. The molecule has 3 atom stereocenters. The first-order valence-corrected chi connectivity index (χ1v) is 7.27. The molecule has 1 saturated heterocycles. The van der Waals surface area contributed by atoms with E-state index in [1.807, 2.05) is 4.98 Å². The number of aliphatic hydroxyl groups is 2. The fourth-order valence-electron chi connectivity index (χ4n) is 2.20. The first-order chi connectivity index (χ1) is 12.1. The highest BCUT2D eigenvalue weighted by Crippen LogP contribution is 2.27. The normalized spacial score (nSPS) is 22.6. The van der Waals surface area contributed by atoms with Gasteiger partial charge in [0.2, 0.25) is 0 Å². The summed E-state index contributed by atoms with van der Waals surface area (Å²) in [7, 11) is 0. The molecule has 1 aliphatic rings. The first-order valence-electron chi connectivity index (χ1n) is 7.27. The van der Waals surface area contributed by atoms with E-state index in [1.165, 1.54) is 5.32 Å². The summed E-state index contributed by atoms with van der Waals surface area (Å²) in [6.07, 6.45) is -6.92. The molecule has 1 aliphatic heterocycles. The van der Waals surface area contributed by atoms with Gasteiger partial charge < -0.3 is 20.3 Å². The Bertz CT molecular complexity index is 850. The van der Waals surface area contributed by atoms with E-state index in [2.05, 4.69) is 11.8 Å². The van der Waals surface area contributed by atoms with Gasteiger partial charge in [0.25, 0.3) is 5.56 Å². The van der Waals surface area contributed by atoms with Crippen molar-refractivity contribution < 1.29 is 32.9 Å². The number of rotatable bonds is 3. The van der Waals surface area contributed by atoms with Crippen LogP contribution in [0.4, 0.5) is 13.2 Å². The molecular weight excluding hydrogens is 363 g/mol. The fraction of sp³-hybridized carbons (Fsp3) is 0.500. The molecule has 0 spiro atoms. The van der Waals surface area contributed by atoms with Gasteiger partial charge >= 0.3 is 17.8 Å². The number of alkyl halides is 3. The third-order valence-electron chi connectivity index (χ3n) is 3.48. The number of ether oxygens (including phenoxy) is 1. The van der Waals surface area contributed by atoms with Crippen molar-refractivity contribution in [3.8, 4) is 11.8 Å². The Kier molecular flexibility index (Phi) is 5.86. The molecule has 2 rings (SSSR count). The maximum Gasteiger partial charge on any atom is 0.471 e. The number of carbonyl (C=O) groups is 1. The summed E-state index contributed by atoms with van der Waals surface area (Å²) in [6, 6.07) is 0. The number of aromatic nitrogens is 2. The predicted molar refractivity (Wildman–Crippen MR) is 78.9 cm³/mol. The molecule has 1 amide bonds. The van der Waals surface area contributed by atoms with Crippen LogP contribution in [0.1, 0.15) is 18.2 Å². The molecule has 4 N–H and O–H groups in total. The van der Waals surface area contributed by atoms with E-state index >= 15 is 0 Å². The number of halogens is 3. The van der Waals surface area contributed by atoms with Crippen LogP contribution in [0.5, 0.6) is 0 Å². The second-order valence-corrected chi connectivity index (χ2v) is 5.31. The van der Waals surface area contributed by atoms with Crippen LogP contribution in [0, 0.1) is 11.8 Å². The van der Waals surface area contributed by atoms with Crippen molar-refractivity contribution in [2.24, 2.45) is 0 Å². The second kappa shape index (κ2) is 7.73. The highest BCUT2D eigenvalue weighted by molar-refractivity contribution is 5.81. The molecule has 26 heavy (non-hydrogen) atoms. The predicted octanol–water partition coefficient (Wildman–Crippen LogP) is -1.79. The maximum atomic E-state index is 12.0. The number of H-pyrrole nitrogens is 1. The number of nitrogens with zero attached hydrogens (tertiary/aromatic N) is 1. The van der Waals surface area contributed by atoms with E-state index in [0.29, 0.717) is 0 Å². The van der Waals surface area contributed by atoms with Gasteiger partial charge in [-0.2, -0.15) is 13.2 Å². The summed E-state index contributed by atoms with van der Waals surface area (Å²) >= 11 is 0. The van der Waals surface area contributed by atoms with E-state index in [-0.39, 0.29) is 12.0 Å². The maximum absolute atomic E-state index is 12.0. The molecule has 0 radical (unpaired) electrons. The largest absolute Gasteiger partial charge is 0.471 e. The van der Waals surface area contributed by atoms with Gasteiger partial charge in [0.15, 0.2) is 0 Å². The van der Waals surface area contributed by atoms with Crippen molar-refractivity contribution in [3.05, 3.63) is 32.6 Å². The number of amides is 1. The summed E-state index contributed by atoms with van der Waals surface area (Å²) in [4.78, 5) is 36.2. The van der Waals surface area contributed by atoms with Crippen molar-refractivity contribution in [1.29, 1.82) is 0 Å². The quantitative estimate of drug-likeness (QED) is 0.460. The van der Waals surface area contributed by atoms with Gasteiger partial charge in [-0.3, -0.25) is 19.1 Å². The zero-order valence-electron chi connectivity index (χ0n) is 13.0. The Morgan fingerprint density at radius 3 is 2.73 bits per heavy atom. The van der Waals surface area contributed by atoms with Gasteiger partial charge in [0.1, 0.15) is 17.9 Å². The Morgan fingerprint density at radius 1 is 1.46 bits per heavy atom. The molecule has 0 aromatic carbocycles. The molecule has 12 heteroatoms. The SMILES string of the molecule is O=C(NCC#Cc1cn([C@@H]2C[C@@H](O)[C@H](CO)O2)c(=O)[nH]c1=O)C(F)(F)F. The van der Waals surface area contributed by atoms with E-state index < -0.39 is 54.9 Å². The van der Waals surface area contributed by atoms with Crippen LogP contribution in [-0.2, 0) is 9.53 Å². The zero-order valence-corrected chi connectivity index (χ0v) is 13.0. The molecule has 0 unspecified atom stereocenters. The number of aromatic amines is 1. The Balaban J connectivity index is 2.17. The van der Waals surface area contributed by atoms with E-state index in [9.17, 15) is 32.7 Å². The van der Waals surface area contributed by atoms with Crippen molar-refractivity contribution in [2.45, 2.75) is 31.0 Å². The summed E-state index contributed by atoms with van der Waals surface area (Å²) in [5.74, 6) is 2.24. The molecule has 9 nitrogen and oxygen atoms in total. The lowest BCUT2D eigenvalue weighted by Gasteiger charge is -2.14. The summed E-state index contributed by atoms with van der Waals surface area (Å²) < 4.78 is 42.3. The minimum atomic E-state index is -5.05. The zero-order chi connectivity index (χ0) is 19.5. The number of aliphatic hydroxyl groups excluding tert-OH is 2. The second-order valence-electron chi connectivity index (χ2n) is 5.31. The molecule has 142 valence electrons. The summed E-state index contributed by atoms with van der Waals surface area (Å²) in [6.45, 7) is -1.14. The van der Waals surface area contributed by atoms with Crippen LogP contribution in [0.2, 0.25) is 0 Å². The average Bonchev–Trinajstić information content (AvgIpc) is 2.92. The highest BCUT2D eigenvalue weighted by Gasteiger charge is 2.38. The molecule has 1 aromatic rings. The van der Waals surface area contributed by atoms with Gasteiger partial charge in [0.05, 0.1) is 19.3 Å². The van der Waals surface area contributed by atoms with Gasteiger partial charge in [-0.15, -0.1) is 0 Å². The van der Waals surface area contributed by atoms with Gasteiger partial charge in [0, 0.05) is 12.6 Å². The average molecular weight is 377 g/mol. The van der Waals surface area contributed by atoms with Crippen molar-refractivity contribution >= 4 is 5.91 Å². The van der Waals surface area contributed by atoms with Crippen molar-refractivity contribution in [1.82, 2.24) is 14.9 Å². The van der Waals surface area contributed by atoms with Crippen molar-refractivity contribution in [3.63, 3.8) is 0 Å². The van der Waals surface area contributed by atoms with Crippen molar-refractivity contribution in [2.75, 3.05) is 13.2 Å². The Labute approximate surface area is 143 Å². The first kappa shape index (κ1) is 19.7. The standard InChI is InChI=1S/C14H14F3N3O6/c15-14(16,17)12(24)18-3-1-2-7-5-20(13(25)19-11(7)23)10-4-8(22)9(6-21)26-10/h5,8-10,21-22H,3-4,6H2,(H,18,24)(H,19,23,25)/t8-,9+,10+/m1/s1.